The van der Waals surface area contributed by atoms with Gasteiger partial charge in [0.05, 0.1) is 35.5 Å². The number of nitrogens with zero attached hydrogens (tertiary/aromatic N) is 6. The maximum absolute atomic E-state index is 13.4. The Balaban J connectivity index is 1.47. The molecule has 166 valence electrons. The highest BCUT2D eigenvalue weighted by atomic mass is 19.1. The van der Waals surface area contributed by atoms with Crippen LogP contribution in [-0.4, -0.2) is 42.7 Å². The van der Waals surface area contributed by atoms with E-state index < -0.39 is 5.82 Å². The number of hydrogen-bond acceptors (Lipinski definition) is 7. The Hall–Kier alpha value is -3.95. The molecule has 0 saturated heterocycles. The maximum Gasteiger partial charge on any atom is 0.231 e. The van der Waals surface area contributed by atoms with E-state index in [0.29, 0.717) is 51.2 Å². The van der Waals surface area contributed by atoms with Crippen LogP contribution in [0.5, 0.6) is 5.75 Å². The average molecular weight is 445 g/mol. The topological polar surface area (TPSA) is 108 Å². The summed E-state index contributed by atoms with van der Waals surface area (Å²) in [4.78, 5) is 30.6. The summed E-state index contributed by atoms with van der Waals surface area (Å²) in [6.07, 6.45) is 7.20. The average Bonchev–Trinajstić information content (AvgIpc) is 3.12. The van der Waals surface area contributed by atoms with Crippen LogP contribution < -0.4 is 10.1 Å². The molecule has 10 heteroatoms. The van der Waals surface area contributed by atoms with Gasteiger partial charge in [0.15, 0.2) is 11.6 Å². The van der Waals surface area contributed by atoms with Gasteiger partial charge in [-0.2, -0.15) is 5.10 Å². The number of halogens is 1. The summed E-state index contributed by atoms with van der Waals surface area (Å²) in [6, 6.07) is 4.63. The molecule has 4 heterocycles. The normalized spacial score (nSPS) is 20.8. The monoisotopic (exact) mass is 445 g/mol. The highest BCUT2D eigenvalue weighted by molar-refractivity contribution is 6.00. The Morgan fingerprint density at radius 3 is 2.70 bits per heavy atom. The number of methoxy groups -OCH3 is 1. The molecule has 1 N–H and O–H groups in total. The smallest absolute Gasteiger partial charge is 0.231 e. The van der Waals surface area contributed by atoms with Gasteiger partial charge in [-0.15, -0.1) is 0 Å². The molecule has 9 nitrogen and oxygen atoms in total. The molecular weight excluding hydrogens is 425 g/mol. The van der Waals surface area contributed by atoms with E-state index in [1.165, 1.54) is 19.5 Å². The number of aryl methyl sites for hydroxylation is 1. The number of ether oxygens (including phenoxy) is 1. The summed E-state index contributed by atoms with van der Waals surface area (Å²) in [7, 11) is 3.31. The van der Waals surface area contributed by atoms with Gasteiger partial charge < -0.3 is 10.1 Å². The van der Waals surface area contributed by atoms with Gasteiger partial charge in [-0.3, -0.25) is 14.5 Å². The van der Waals surface area contributed by atoms with Crippen molar-refractivity contribution in [2.45, 2.75) is 19.3 Å². The van der Waals surface area contributed by atoms with Gasteiger partial charge in [0.1, 0.15) is 29.0 Å². The third kappa shape index (κ3) is 3.05. The van der Waals surface area contributed by atoms with Crippen LogP contribution in [0.25, 0.3) is 33.7 Å². The van der Waals surface area contributed by atoms with Crippen molar-refractivity contribution in [1.29, 1.82) is 0 Å². The molecule has 2 bridgehead atoms. The van der Waals surface area contributed by atoms with E-state index in [0.717, 1.165) is 25.5 Å². The molecular formula is C23H20FN7O2. The van der Waals surface area contributed by atoms with Crippen molar-refractivity contribution >= 4 is 22.8 Å². The maximum atomic E-state index is 13.4. The second-order valence-corrected chi connectivity index (χ2v) is 8.77. The van der Waals surface area contributed by atoms with Crippen LogP contribution in [0.1, 0.15) is 19.3 Å². The van der Waals surface area contributed by atoms with Gasteiger partial charge in [-0.1, -0.05) is 0 Å². The van der Waals surface area contributed by atoms with Gasteiger partial charge in [0.2, 0.25) is 5.91 Å². The summed E-state index contributed by atoms with van der Waals surface area (Å²) < 4.78 is 20.5. The van der Waals surface area contributed by atoms with Crippen molar-refractivity contribution in [3.05, 3.63) is 42.7 Å². The van der Waals surface area contributed by atoms with E-state index in [2.05, 4.69) is 25.4 Å². The highest BCUT2D eigenvalue weighted by Crippen LogP contribution is 2.64. The molecule has 7 rings (SSSR count). The van der Waals surface area contributed by atoms with Gasteiger partial charge in [0, 0.05) is 19.3 Å². The van der Waals surface area contributed by atoms with Crippen LogP contribution in [0.3, 0.4) is 0 Å². The molecule has 0 spiro atoms. The summed E-state index contributed by atoms with van der Waals surface area (Å²) >= 11 is 0. The predicted molar refractivity (Wildman–Crippen MR) is 118 cm³/mol. The fourth-order valence-electron chi connectivity index (χ4n) is 4.77. The molecule has 0 radical (unpaired) electrons. The first-order valence-corrected chi connectivity index (χ1v) is 10.6. The minimum absolute atomic E-state index is 0.0221. The first kappa shape index (κ1) is 19.7. The fourth-order valence-corrected chi connectivity index (χ4v) is 4.77. The van der Waals surface area contributed by atoms with E-state index in [1.807, 2.05) is 0 Å². The number of rotatable bonds is 5. The zero-order valence-electron chi connectivity index (χ0n) is 18.0. The zero-order valence-corrected chi connectivity index (χ0v) is 18.0. The zero-order chi connectivity index (χ0) is 22.7. The van der Waals surface area contributed by atoms with Crippen LogP contribution in [0.2, 0.25) is 0 Å². The summed E-state index contributed by atoms with van der Waals surface area (Å²) in [5, 5.41) is 7.47. The van der Waals surface area contributed by atoms with E-state index in [9.17, 15) is 9.18 Å². The van der Waals surface area contributed by atoms with Crippen molar-refractivity contribution in [1.82, 2.24) is 29.7 Å². The van der Waals surface area contributed by atoms with E-state index >= 15 is 0 Å². The lowest BCUT2D eigenvalue weighted by Gasteiger charge is -2.59. The third-order valence-corrected chi connectivity index (χ3v) is 6.60. The van der Waals surface area contributed by atoms with E-state index in [-0.39, 0.29) is 11.3 Å². The number of aromatic nitrogens is 6. The molecule has 3 saturated carbocycles. The molecule has 0 aromatic carbocycles. The molecule has 4 aromatic heterocycles. The second kappa shape index (κ2) is 7.03. The first-order valence-electron chi connectivity index (χ1n) is 10.6. The van der Waals surface area contributed by atoms with Crippen LogP contribution in [-0.2, 0) is 11.8 Å². The molecule has 33 heavy (non-hydrogen) atoms. The molecule has 1 amide bonds. The summed E-state index contributed by atoms with van der Waals surface area (Å²) in [5.74, 6) is 0.999. The van der Waals surface area contributed by atoms with Crippen molar-refractivity contribution in [3.63, 3.8) is 0 Å². The summed E-state index contributed by atoms with van der Waals surface area (Å²) in [5.41, 5.74) is 3.02. The lowest BCUT2D eigenvalue weighted by molar-refractivity contribution is -0.158. The number of hydrogen-bond donors (Lipinski definition) is 1. The molecule has 0 aliphatic heterocycles. The third-order valence-electron chi connectivity index (χ3n) is 6.60. The Morgan fingerprint density at radius 1 is 1.21 bits per heavy atom. The quantitative estimate of drug-likeness (QED) is 0.502. The lowest BCUT2D eigenvalue weighted by atomic mass is 9.44. The molecule has 4 aromatic rings. The number of amides is 1. The summed E-state index contributed by atoms with van der Waals surface area (Å²) in [6.45, 7) is 0. The highest BCUT2D eigenvalue weighted by Gasteiger charge is 2.61. The van der Waals surface area contributed by atoms with Crippen LogP contribution in [0, 0.1) is 17.2 Å². The number of nitrogens with one attached hydrogen (secondary N) is 1. The molecule has 3 fully saturated rings. The van der Waals surface area contributed by atoms with Gasteiger partial charge in [0.25, 0.3) is 0 Å². The minimum atomic E-state index is -0.429. The first-order chi connectivity index (χ1) is 16.0. The van der Waals surface area contributed by atoms with Crippen molar-refractivity contribution < 1.29 is 13.9 Å². The van der Waals surface area contributed by atoms with Crippen LogP contribution in [0.4, 0.5) is 10.2 Å². The standard InChI is InChI=1S/C23H20FN7O2/c1-31-10-14(18(30-31)15-4-3-13(24)9-25-15)19-20-16(26-11-27-19)5-17(33-2)21(28-20)29-22(32)23-6-12(7-23)8-23/h3-5,9-12H,6-8H2,1-2H3,(H,28,29,32). The molecule has 3 aliphatic carbocycles. The van der Waals surface area contributed by atoms with Gasteiger partial charge in [-0.05, 0) is 37.3 Å². The number of carbonyl (C=O) groups excluding carboxylic acids is 1. The number of anilines is 1. The number of fused-ring (bicyclic) bond motifs is 1. The predicted octanol–water partition coefficient (Wildman–Crippen LogP) is 3.37. The Kier molecular flexibility index (Phi) is 4.20. The second-order valence-electron chi connectivity index (χ2n) is 8.77. The SMILES string of the molecule is COc1cc2ncnc(-c3cn(C)nc3-c3ccc(F)cn3)c2nc1NC(=O)C12CC(C1)C2. The Morgan fingerprint density at radius 2 is 2.03 bits per heavy atom. The fraction of sp³-hybridized carbons (Fsp3) is 0.304. The van der Waals surface area contributed by atoms with E-state index in [1.54, 1.807) is 30.1 Å². The van der Waals surface area contributed by atoms with Crippen LogP contribution >= 0.6 is 0 Å². The Bertz CT molecular complexity index is 1400. The lowest BCUT2D eigenvalue weighted by Crippen LogP contribution is -2.58. The molecule has 0 unspecified atom stereocenters. The Labute approximate surface area is 188 Å². The van der Waals surface area contributed by atoms with Crippen molar-refractivity contribution in [2.75, 3.05) is 12.4 Å². The van der Waals surface area contributed by atoms with E-state index in [4.69, 9.17) is 9.72 Å². The van der Waals surface area contributed by atoms with Crippen LogP contribution in [0.15, 0.2) is 36.9 Å². The number of carbonyl (C=O) groups is 1. The number of pyridine rings is 2. The minimum Gasteiger partial charge on any atom is -0.493 e. The largest absolute Gasteiger partial charge is 0.493 e. The molecule has 0 atom stereocenters. The molecule has 3 aliphatic rings. The van der Waals surface area contributed by atoms with Gasteiger partial charge in [-0.25, -0.2) is 19.3 Å². The van der Waals surface area contributed by atoms with Crippen molar-refractivity contribution in [2.24, 2.45) is 18.4 Å². The van der Waals surface area contributed by atoms with Crippen molar-refractivity contribution in [3.8, 4) is 28.4 Å². The van der Waals surface area contributed by atoms with Gasteiger partial charge >= 0.3 is 0 Å².